The molecule has 6 N–H and O–H groups in total. The van der Waals surface area contributed by atoms with Gasteiger partial charge >= 0.3 is 5.51 Å². The van der Waals surface area contributed by atoms with Gasteiger partial charge in [0, 0.05) is 37.1 Å². The smallest absolute Gasteiger partial charge is 0.390 e. The van der Waals surface area contributed by atoms with Crippen LogP contribution in [0.2, 0.25) is 0 Å². The fourth-order valence-electron chi connectivity index (χ4n) is 4.13. The van der Waals surface area contributed by atoms with Crippen molar-refractivity contribution in [2.24, 2.45) is 11.7 Å². The number of halogens is 3. The number of nitriles is 1. The van der Waals surface area contributed by atoms with E-state index in [-0.39, 0.29) is 35.4 Å². The van der Waals surface area contributed by atoms with Crippen molar-refractivity contribution in [2.75, 3.05) is 18.4 Å². The number of β-amino-alcohol motifs (C(OH)–C–C–N with tert-alkyl or cyclic N) is 1. The van der Waals surface area contributed by atoms with Gasteiger partial charge in [0.1, 0.15) is 5.84 Å². The summed E-state index contributed by atoms with van der Waals surface area (Å²) in [5.74, 6) is -1.79. The highest BCUT2D eigenvalue weighted by Gasteiger charge is 2.46. The average molecular weight is 515 g/mol. The molecule has 0 aromatic heterocycles. The summed E-state index contributed by atoms with van der Waals surface area (Å²) in [6.07, 6.45) is 2.88. The molecular weight excluding hydrogens is 489 g/mol. The minimum Gasteiger partial charge on any atom is -0.390 e. The number of aliphatic hydroxyl groups excluding tert-OH is 1. The van der Waals surface area contributed by atoms with E-state index in [4.69, 9.17) is 11.1 Å². The van der Waals surface area contributed by atoms with Gasteiger partial charge in [-0.1, -0.05) is 0 Å². The standard InChI is InChI=1S/C21H25F3N6O4S/c22-21(23,24)35(33,34)16-4-1-13(2-5-16)29-19(26)17(20(27)32)9-28-18-6-3-14(7-12(18)8-25)30-10-15(31)11-30/h1-2,4-5,9,12,14-15,18,28,31H,3,6-7,10-11H2,(H2,26,29)(H2,27,32)/b17-9+/t12-,14-,18+/m1/s1. The van der Waals surface area contributed by atoms with Crippen molar-refractivity contribution in [1.29, 1.82) is 10.7 Å². The van der Waals surface area contributed by atoms with Crippen molar-refractivity contribution < 1.29 is 31.5 Å². The fraction of sp³-hybridized carbons (Fsp3) is 0.476. The fourth-order valence-corrected chi connectivity index (χ4v) is 4.89. The van der Waals surface area contributed by atoms with Crippen LogP contribution in [0.3, 0.4) is 0 Å². The Kier molecular flexibility index (Phi) is 7.73. The first-order valence-electron chi connectivity index (χ1n) is 10.7. The van der Waals surface area contributed by atoms with E-state index in [1.54, 1.807) is 0 Å². The lowest BCUT2D eigenvalue weighted by atomic mass is 9.80. The summed E-state index contributed by atoms with van der Waals surface area (Å²) in [7, 11) is -5.51. The predicted molar refractivity (Wildman–Crippen MR) is 120 cm³/mol. The summed E-state index contributed by atoms with van der Waals surface area (Å²) < 4.78 is 61.0. The van der Waals surface area contributed by atoms with Crippen molar-refractivity contribution in [1.82, 2.24) is 10.2 Å². The van der Waals surface area contributed by atoms with E-state index < -0.39 is 32.0 Å². The first kappa shape index (κ1) is 26.5. The summed E-state index contributed by atoms with van der Waals surface area (Å²) in [5.41, 5.74) is -0.267. The molecule has 1 aliphatic heterocycles. The lowest BCUT2D eigenvalue weighted by Gasteiger charge is -2.45. The average Bonchev–Trinajstić information content (AvgIpc) is 2.76. The normalized spacial score (nSPS) is 24.2. The number of carbonyl (C=O) groups excluding carboxylic acids is 1. The van der Waals surface area contributed by atoms with Crippen LogP contribution in [0.5, 0.6) is 0 Å². The molecule has 3 atom stereocenters. The highest BCUT2D eigenvalue weighted by molar-refractivity contribution is 7.92. The Morgan fingerprint density at radius 3 is 2.40 bits per heavy atom. The van der Waals surface area contributed by atoms with Crippen LogP contribution in [0, 0.1) is 22.7 Å². The zero-order valence-corrected chi connectivity index (χ0v) is 19.2. The van der Waals surface area contributed by atoms with Crippen LogP contribution < -0.4 is 16.4 Å². The summed E-state index contributed by atoms with van der Waals surface area (Å²) in [4.78, 5) is 13.1. The van der Waals surface area contributed by atoms with Gasteiger partial charge in [0.15, 0.2) is 0 Å². The minimum atomic E-state index is -5.51. The second-order valence-corrected chi connectivity index (χ2v) is 10.4. The molecule has 0 radical (unpaired) electrons. The Bertz CT molecular complexity index is 1140. The maximum atomic E-state index is 12.7. The quantitative estimate of drug-likeness (QED) is 0.204. The van der Waals surface area contributed by atoms with Crippen LogP contribution in [0.15, 0.2) is 40.9 Å². The summed E-state index contributed by atoms with van der Waals surface area (Å²) >= 11 is 0. The van der Waals surface area contributed by atoms with Gasteiger partial charge < -0.3 is 21.5 Å². The number of nitrogens with one attached hydrogen (secondary N) is 3. The lowest BCUT2D eigenvalue weighted by molar-refractivity contribution is -0.114. The molecule has 35 heavy (non-hydrogen) atoms. The Hall–Kier alpha value is -3.15. The van der Waals surface area contributed by atoms with Crippen LogP contribution in [-0.2, 0) is 14.6 Å². The van der Waals surface area contributed by atoms with Crippen molar-refractivity contribution in [3.63, 3.8) is 0 Å². The number of hydrogen-bond acceptors (Lipinski definition) is 8. The second-order valence-electron chi connectivity index (χ2n) is 8.48. The molecule has 2 aliphatic rings. The number of nitrogens with two attached hydrogens (primary N) is 1. The number of nitrogens with zero attached hydrogens (tertiary/aromatic N) is 2. The third-order valence-electron chi connectivity index (χ3n) is 6.11. The number of sulfone groups is 1. The third kappa shape index (κ3) is 5.92. The number of primary amides is 1. The molecule has 2 fully saturated rings. The first-order chi connectivity index (χ1) is 16.3. The number of likely N-dealkylation sites (tertiary alicyclic amines) is 1. The molecule has 1 saturated carbocycles. The molecule has 0 spiro atoms. The molecular formula is C21H25F3N6O4S. The molecule has 14 heteroatoms. The topological polar surface area (TPSA) is 172 Å². The highest BCUT2D eigenvalue weighted by atomic mass is 32.2. The largest absolute Gasteiger partial charge is 0.501 e. The maximum Gasteiger partial charge on any atom is 0.501 e. The number of rotatable bonds is 7. The van der Waals surface area contributed by atoms with Gasteiger partial charge in [0.05, 0.1) is 28.6 Å². The zero-order chi connectivity index (χ0) is 26.0. The molecule has 0 bridgehead atoms. The monoisotopic (exact) mass is 514 g/mol. The zero-order valence-electron chi connectivity index (χ0n) is 18.4. The van der Waals surface area contributed by atoms with Gasteiger partial charge in [0.25, 0.3) is 15.7 Å². The lowest BCUT2D eigenvalue weighted by Crippen LogP contribution is -2.57. The van der Waals surface area contributed by atoms with Crippen LogP contribution in [0.1, 0.15) is 19.3 Å². The summed E-state index contributed by atoms with van der Waals surface area (Å²) in [5, 5.41) is 32.7. The van der Waals surface area contributed by atoms with Crippen LogP contribution >= 0.6 is 0 Å². The van der Waals surface area contributed by atoms with Crippen LogP contribution in [-0.4, -0.2) is 67.0 Å². The Morgan fingerprint density at radius 1 is 1.26 bits per heavy atom. The number of aliphatic hydroxyl groups is 1. The Morgan fingerprint density at radius 2 is 1.89 bits per heavy atom. The Labute approximate surface area is 200 Å². The van der Waals surface area contributed by atoms with Crippen LogP contribution in [0.4, 0.5) is 18.9 Å². The number of amidine groups is 1. The molecule has 190 valence electrons. The molecule has 1 saturated heterocycles. The molecule has 1 aliphatic carbocycles. The third-order valence-corrected chi connectivity index (χ3v) is 7.61. The number of amides is 1. The van der Waals surface area contributed by atoms with Crippen molar-refractivity contribution in [2.45, 2.75) is 47.9 Å². The number of benzene rings is 1. The van der Waals surface area contributed by atoms with Gasteiger partial charge in [-0.05, 0) is 43.5 Å². The minimum absolute atomic E-state index is 0.0652. The van der Waals surface area contributed by atoms with E-state index in [1.165, 1.54) is 6.20 Å². The highest BCUT2D eigenvalue weighted by Crippen LogP contribution is 2.31. The van der Waals surface area contributed by atoms with Gasteiger partial charge in [-0.25, -0.2) is 8.42 Å². The second kappa shape index (κ2) is 10.2. The molecule has 1 aromatic rings. The van der Waals surface area contributed by atoms with E-state index >= 15 is 0 Å². The summed E-state index contributed by atoms with van der Waals surface area (Å²) in [6, 6.07) is 5.66. The van der Waals surface area contributed by atoms with E-state index in [0.29, 0.717) is 25.9 Å². The van der Waals surface area contributed by atoms with Crippen LogP contribution in [0.25, 0.3) is 0 Å². The molecule has 1 aromatic carbocycles. The summed E-state index contributed by atoms with van der Waals surface area (Å²) in [6.45, 7) is 1.16. The van der Waals surface area contributed by atoms with E-state index in [1.807, 2.05) is 0 Å². The van der Waals surface area contributed by atoms with E-state index in [9.17, 15) is 36.8 Å². The number of hydrogen-bond donors (Lipinski definition) is 5. The molecule has 3 rings (SSSR count). The van der Waals surface area contributed by atoms with Crippen molar-refractivity contribution in [3.8, 4) is 6.07 Å². The number of anilines is 1. The molecule has 10 nitrogen and oxygen atoms in total. The molecule has 0 unspecified atom stereocenters. The predicted octanol–water partition coefficient (Wildman–Crippen LogP) is 1.07. The van der Waals surface area contributed by atoms with E-state index in [2.05, 4.69) is 21.6 Å². The molecule has 1 amide bonds. The SMILES string of the molecule is N#C[C@H]1C[C@H](N2CC(O)C2)CC[C@@H]1N/C=C(\C(=N)Nc1ccc(S(=O)(=O)C(F)(F)F)cc1)C(N)=O. The Balaban J connectivity index is 1.65. The van der Waals surface area contributed by atoms with Gasteiger partial charge in [-0.3, -0.25) is 15.1 Å². The van der Waals surface area contributed by atoms with Crippen molar-refractivity contribution in [3.05, 3.63) is 36.0 Å². The maximum absolute atomic E-state index is 12.7. The molecule has 1 heterocycles. The van der Waals surface area contributed by atoms with E-state index in [0.717, 1.165) is 30.7 Å². The van der Waals surface area contributed by atoms with Gasteiger partial charge in [-0.2, -0.15) is 18.4 Å². The first-order valence-corrected chi connectivity index (χ1v) is 12.2. The number of alkyl halides is 3. The number of carbonyl (C=O) groups is 1. The van der Waals surface area contributed by atoms with Crippen molar-refractivity contribution >= 4 is 27.3 Å². The van der Waals surface area contributed by atoms with Gasteiger partial charge in [-0.15, -0.1) is 0 Å². The van der Waals surface area contributed by atoms with Gasteiger partial charge in [0.2, 0.25) is 0 Å².